The second kappa shape index (κ2) is 6.81. The van der Waals surface area contributed by atoms with Crippen LogP contribution in [0.5, 0.6) is 0 Å². The fraction of sp³-hybridized carbons (Fsp3) is 0.105. The Morgan fingerprint density at radius 2 is 1.79 bits per heavy atom. The lowest BCUT2D eigenvalue weighted by Gasteiger charge is -2.11. The normalized spacial score (nSPS) is 10.5. The molecule has 0 unspecified atom stereocenters. The molecule has 1 heterocycles. The Kier molecular flexibility index (Phi) is 4.59. The first-order valence-corrected chi connectivity index (χ1v) is 8.26. The summed E-state index contributed by atoms with van der Waals surface area (Å²) in [6, 6.07) is 18.3. The minimum atomic E-state index is -0.277. The minimum Gasteiger partial charge on any atom is -0.397 e. The molecule has 0 radical (unpaired) electrons. The molecule has 2 N–H and O–H groups in total. The molecule has 120 valence electrons. The molecule has 0 saturated heterocycles. The van der Waals surface area contributed by atoms with Crippen LogP contribution in [0.25, 0.3) is 0 Å². The van der Waals surface area contributed by atoms with E-state index in [4.69, 9.17) is 5.73 Å². The second-order valence-corrected chi connectivity index (χ2v) is 6.59. The molecule has 24 heavy (non-hydrogen) atoms. The van der Waals surface area contributed by atoms with Gasteiger partial charge in [-0.2, -0.15) is 5.26 Å². The van der Waals surface area contributed by atoms with Crippen LogP contribution in [0.2, 0.25) is 0 Å². The molecule has 0 amide bonds. The number of rotatable bonds is 4. The standard InChI is InChI=1S/C19H16FN3S/c1-13-2-8-17(9-3-13)24-19-18(22)10-16(11-21)23(19)12-14-4-6-15(20)7-5-14/h2-10H,12,22H2,1H3. The summed E-state index contributed by atoms with van der Waals surface area (Å²) in [7, 11) is 0. The number of nitrogen functional groups attached to an aromatic ring is 1. The zero-order chi connectivity index (χ0) is 17.1. The van der Waals surface area contributed by atoms with Crippen molar-refractivity contribution in [1.29, 1.82) is 5.26 Å². The van der Waals surface area contributed by atoms with Crippen LogP contribution in [0.3, 0.4) is 0 Å². The molecule has 5 heteroatoms. The van der Waals surface area contributed by atoms with Gasteiger partial charge in [-0.05, 0) is 42.8 Å². The summed E-state index contributed by atoms with van der Waals surface area (Å²) in [6.45, 7) is 2.50. The van der Waals surface area contributed by atoms with Gasteiger partial charge in [-0.25, -0.2) is 4.39 Å². The van der Waals surface area contributed by atoms with Crippen molar-refractivity contribution in [3.63, 3.8) is 0 Å². The highest BCUT2D eigenvalue weighted by Gasteiger charge is 2.15. The van der Waals surface area contributed by atoms with E-state index in [1.807, 2.05) is 35.8 Å². The second-order valence-electron chi connectivity index (χ2n) is 5.53. The van der Waals surface area contributed by atoms with Crippen molar-refractivity contribution in [3.8, 4) is 6.07 Å². The van der Waals surface area contributed by atoms with Crippen molar-refractivity contribution in [2.75, 3.05) is 5.73 Å². The molecule has 0 aliphatic rings. The topological polar surface area (TPSA) is 54.7 Å². The van der Waals surface area contributed by atoms with Gasteiger partial charge in [-0.15, -0.1) is 0 Å². The van der Waals surface area contributed by atoms with E-state index in [1.165, 1.54) is 29.5 Å². The molecule has 0 saturated carbocycles. The fourth-order valence-corrected chi connectivity index (χ4v) is 3.35. The Balaban J connectivity index is 1.96. The first-order chi connectivity index (χ1) is 11.6. The molecule has 0 spiro atoms. The zero-order valence-electron chi connectivity index (χ0n) is 13.2. The van der Waals surface area contributed by atoms with Gasteiger partial charge in [0, 0.05) is 11.4 Å². The maximum atomic E-state index is 13.1. The molecule has 0 aliphatic heterocycles. The molecule has 0 atom stereocenters. The van der Waals surface area contributed by atoms with Crippen molar-refractivity contribution in [1.82, 2.24) is 4.57 Å². The summed E-state index contributed by atoms with van der Waals surface area (Å²) in [4.78, 5) is 1.05. The van der Waals surface area contributed by atoms with Gasteiger partial charge in [0.05, 0.1) is 5.69 Å². The van der Waals surface area contributed by atoms with Gasteiger partial charge in [0.15, 0.2) is 0 Å². The lowest BCUT2D eigenvalue weighted by molar-refractivity contribution is 0.625. The predicted octanol–water partition coefficient (Wildman–Crippen LogP) is 4.59. The zero-order valence-corrected chi connectivity index (χ0v) is 14.0. The Hall–Kier alpha value is -2.71. The molecular formula is C19H16FN3S. The highest BCUT2D eigenvalue weighted by molar-refractivity contribution is 7.99. The molecule has 3 nitrogen and oxygen atoms in total. The molecule has 0 aliphatic carbocycles. The van der Waals surface area contributed by atoms with Gasteiger partial charge < -0.3 is 10.3 Å². The van der Waals surface area contributed by atoms with Crippen LogP contribution >= 0.6 is 11.8 Å². The smallest absolute Gasteiger partial charge is 0.123 e. The molecule has 2 aromatic carbocycles. The van der Waals surface area contributed by atoms with E-state index in [2.05, 4.69) is 6.07 Å². The molecule has 3 aromatic rings. The first-order valence-electron chi connectivity index (χ1n) is 7.45. The van der Waals surface area contributed by atoms with Crippen LogP contribution in [0.1, 0.15) is 16.8 Å². The minimum absolute atomic E-state index is 0.277. The van der Waals surface area contributed by atoms with Crippen molar-refractivity contribution in [2.24, 2.45) is 0 Å². The Bertz CT molecular complexity index is 890. The van der Waals surface area contributed by atoms with E-state index in [0.717, 1.165) is 15.5 Å². The monoisotopic (exact) mass is 337 g/mol. The van der Waals surface area contributed by atoms with E-state index in [9.17, 15) is 9.65 Å². The van der Waals surface area contributed by atoms with Crippen molar-refractivity contribution < 1.29 is 4.39 Å². The Morgan fingerprint density at radius 1 is 1.12 bits per heavy atom. The number of halogens is 1. The number of hydrogen-bond donors (Lipinski definition) is 1. The van der Waals surface area contributed by atoms with Gasteiger partial charge in [0.2, 0.25) is 0 Å². The fourth-order valence-electron chi connectivity index (χ4n) is 2.41. The third-order valence-electron chi connectivity index (χ3n) is 3.68. The van der Waals surface area contributed by atoms with Crippen LogP contribution in [0, 0.1) is 24.1 Å². The summed E-state index contributed by atoms with van der Waals surface area (Å²) >= 11 is 1.52. The van der Waals surface area contributed by atoms with E-state index in [1.54, 1.807) is 18.2 Å². The van der Waals surface area contributed by atoms with Crippen LogP contribution in [0.4, 0.5) is 10.1 Å². The number of nitriles is 1. The number of nitrogens with zero attached hydrogens (tertiary/aromatic N) is 2. The van der Waals surface area contributed by atoms with Crippen molar-refractivity contribution in [3.05, 3.63) is 77.2 Å². The van der Waals surface area contributed by atoms with Crippen molar-refractivity contribution >= 4 is 17.4 Å². The number of anilines is 1. The molecule has 0 fully saturated rings. The van der Waals surface area contributed by atoms with Crippen LogP contribution < -0.4 is 5.73 Å². The van der Waals surface area contributed by atoms with E-state index >= 15 is 0 Å². The third-order valence-corrected chi connectivity index (χ3v) is 4.84. The van der Waals surface area contributed by atoms with E-state index < -0.39 is 0 Å². The lowest BCUT2D eigenvalue weighted by Crippen LogP contribution is -2.04. The van der Waals surface area contributed by atoms with E-state index in [0.29, 0.717) is 17.9 Å². The van der Waals surface area contributed by atoms with E-state index in [-0.39, 0.29) is 5.82 Å². The van der Waals surface area contributed by atoms with Gasteiger partial charge in [0.25, 0.3) is 0 Å². The number of hydrogen-bond acceptors (Lipinski definition) is 3. The third kappa shape index (κ3) is 3.44. The van der Waals surface area contributed by atoms with Gasteiger partial charge in [-0.3, -0.25) is 0 Å². The number of aromatic nitrogens is 1. The summed E-state index contributed by atoms with van der Waals surface area (Å²) < 4.78 is 15.0. The Morgan fingerprint density at radius 3 is 2.42 bits per heavy atom. The maximum Gasteiger partial charge on any atom is 0.123 e. The van der Waals surface area contributed by atoms with Gasteiger partial charge in [0.1, 0.15) is 22.6 Å². The largest absolute Gasteiger partial charge is 0.397 e. The Labute approximate surface area is 144 Å². The summed E-state index contributed by atoms with van der Waals surface area (Å²) in [5, 5.41) is 10.2. The average Bonchev–Trinajstić information content (AvgIpc) is 2.87. The number of aryl methyl sites for hydroxylation is 1. The quantitative estimate of drug-likeness (QED) is 0.757. The average molecular weight is 337 g/mol. The number of nitrogens with two attached hydrogens (primary N) is 1. The maximum absolute atomic E-state index is 13.1. The molecule has 3 rings (SSSR count). The predicted molar refractivity (Wildman–Crippen MR) is 94.4 cm³/mol. The molecule has 0 bridgehead atoms. The van der Waals surface area contributed by atoms with Gasteiger partial charge >= 0.3 is 0 Å². The summed E-state index contributed by atoms with van der Waals surface area (Å²) in [5.74, 6) is -0.277. The first kappa shape index (κ1) is 16.2. The summed E-state index contributed by atoms with van der Waals surface area (Å²) in [5.41, 5.74) is 9.28. The highest BCUT2D eigenvalue weighted by Crippen LogP contribution is 2.35. The van der Waals surface area contributed by atoms with Crippen LogP contribution in [-0.4, -0.2) is 4.57 Å². The highest BCUT2D eigenvalue weighted by atomic mass is 32.2. The summed E-state index contributed by atoms with van der Waals surface area (Å²) in [6.07, 6.45) is 0. The molecule has 1 aromatic heterocycles. The van der Waals surface area contributed by atoms with Crippen molar-refractivity contribution in [2.45, 2.75) is 23.4 Å². The van der Waals surface area contributed by atoms with Gasteiger partial charge in [-0.1, -0.05) is 41.6 Å². The van der Waals surface area contributed by atoms with Crippen LogP contribution in [0.15, 0.2) is 64.5 Å². The SMILES string of the molecule is Cc1ccc(Sc2c(N)cc(C#N)n2Cc2ccc(F)cc2)cc1. The van der Waals surface area contributed by atoms with Crippen LogP contribution in [-0.2, 0) is 6.54 Å². The number of benzene rings is 2. The molecular weight excluding hydrogens is 321 g/mol. The lowest BCUT2D eigenvalue weighted by atomic mass is 10.2.